The van der Waals surface area contributed by atoms with Gasteiger partial charge >= 0.3 is 5.97 Å². The van der Waals surface area contributed by atoms with Crippen LogP contribution in [0.1, 0.15) is 5.82 Å². The highest BCUT2D eigenvalue weighted by molar-refractivity contribution is 5.86. The van der Waals surface area contributed by atoms with Crippen LogP contribution < -0.4 is 0 Å². The Kier molecular flexibility index (Phi) is 2.57. The molecule has 64 valence electrons. The Morgan fingerprint density at radius 2 is 2.58 bits per heavy atom. The third-order valence-electron chi connectivity index (χ3n) is 1.45. The van der Waals surface area contributed by atoms with E-state index in [4.69, 9.17) is 5.11 Å². The maximum Gasteiger partial charge on any atom is 0.314 e. The number of carbonyl (C=O) groups is 2. The molecule has 0 spiro atoms. The van der Waals surface area contributed by atoms with Crippen LogP contribution in [-0.2, 0) is 16.0 Å². The molecule has 0 aliphatic rings. The highest BCUT2D eigenvalue weighted by atomic mass is 16.4. The Balaban J connectivity index is 2.60. The molecule has 0 aromatic carbocycles. The number of aliphatic carboxylic acids is 1. The summed E-state index contributed by atoms with van der Waals surface area (Å²) in [6.45, 7) is 0. The number of H-pyrrole nitrogens is 1. The molecule has 1 unspecified atom stereocenters. The lowest BCUT2D eigenvalue weighted by molar-refractivity contribution is -0.143. The van der Waals surface area contributed by atoms with Crippen LogP contribution in [0.15, 0.2) is 12.4 Å². The fraction of sp³-hybridized carbons (Fsp3) is 0.286. The lowest BCUT2D eigenvalue weighted by Gasteiger charge is -2.00. The number of aromatic amines is 1. The standard InChI is InChI=1S/C7H8N2O3/c10-4-5(7(11)12)3-6-8-1-2-9-6/h1-2,4-5H,3H2,(H,8,9)(H,11,12). The molecule has 2 N–H and O–H groups in total. The zero-order valence-corrected chi connectivity index (χ0v) is 6.23. The van der Waals surface area contributed by atoms with Gasteiger partial charge in [-0.1, -0.05) is 0 Å². The van der Waals surface area contributed by atoms with Crippen molar-refractivity contribution in [3.8, 4) is 0 Å². The largest absolute Gasteiger partial charge is 0.481 e. The number of nitrogens with one attached hydrogen (secondary N) is 1. The number of hydrogen-bond donors (Lipinski definition) is 2. The van der Waals surface area contributed by atoms with Crippen molar-refractivity contribution in [3.63, 3.8) is 0 Å². The Hall–Kier alpha value is -1.65. The molecule has 1 heterocycles. The number of aromatic nitrogens is 2. The van der Waals surface area contributed by atoms with E-state index in [1.807, 2.05) is 0 Å². The molecule has 5 heteroatoms. The number of carboxylic acids is 1. The molecule has 1 aromatic heterocycles. The van der Waals surface area contributed by atoms with Crippen LogP contribution in [0, 0.1) is 5.92 Å². The molecular formula is C7H8N2O3. The van der Waals surface area contributed by atoms with E-state index in [0.717, 1.165) is 0 Å². The molecule has 0 amide bonds. The zero-order valence-electron chi connectivity index (χ0n) is 6.23. The summed E-state index contributed by atoms with van der Waals surface area (Å²) < 4.78 is 0. The van der Waals surface area contributed by atoms with Crippen LogP contribution in [0.4, 0.5) is 0 Å². The maximum absolute atomic E-state index is 10.4. The second-order valence-corrected chi connectivity index (χ2v) is 2.32. The highest BCUT2D eigenvalue weighted by Gasteiger charge is 2.17. The van der Waals surface area contributed by atoms with Crippen molar-refractivity contribution in [1.29, 1.82) is 0 Å². The third kappa shape index (κ3) is 1.91. The van der Waals surface area contributed by atoms with E-state index in [2.05, 4.69) is 9.97 Å². The summed E-state index contributed by atoms with van der Waals surface area (Å²) in [7, 11) is 0. The minimum Gasteiger partial charge on any atom is -0.481 e. The Morgan fingerprint density at radius 3 is 3.00 bits per heavy atom. The average molecular weight is 168 g/mol. The lowest BCUT2D eigenvalue weighted by Crippen LogP contribution is -2.18. The molecule has 1 rings (SSSR count). The molecule has 0 radical (unpaired) electrons. The van der Waals surface area contributed by atoms with Crippen LogP contribution in [0.2, 0.25) is 0 Å². The summed E-state index contributed by atoms with van der Waals surface area (Å²) in [4.78, 5) is 27.2. The average Bonchev–Trinajstić information content (AvgIpc) is 2.51. The normalized spacial score (nSPS) is 12.3. The van der Waals surface area contributed by atoms with Crippen molar-refractivity contribution >= 4 is 12.3 Å². The SMILES string of the molecule is O=CC(Cc1ncc[nH]1)C(=O)O. The van der Waals surface area contributed by atoms with Crippen molar-refractivity contribution in [2.75, 3.05) is 0 Å². The van der Waals surface area contributed by atoms with Gasteiger partial charge in [-0.25, -0.2) is 4.98 Å². The van der Waals surface area contributed by atoms with Gasteiger partial charge in [0.05, 0.1) is 0 Å². The van der Waals surface area contributed by atoms with Gasteiger partial charge in [-0.05, 0) is 0 Å². The number of hydrogen-bond acceptors (Lipinski definition) is 3. The number of imidazole rings is 1. The van der Waals surface area contributed by atoms with E-state index in [1.54, 1.807) is 6.20 Å². The van der Waals surface area contributed by atoms with Crippen molar-refractivity contribution < 1.29 is 14.7 Å². The first-order valence-corrected chi connectivity index (χ1v) is 3.40. The first kappa shape index (κ1) is 8.45. The summed E-state index contributed by atoms with van der Waals surface area (Å²) in [5, 5.41) is 8.50. The van der Waals surface area contributed by atoms with Gasteiger partial charge in [0.25, 0.3) is 0 Å². The topological polar surface area (TPSA) is 83.0 Å². The van der Waals surface area contributed by atoms with Crippen LogP contribution >= 0.6 is 0 Å². The van der Waals surface area contributed by atoms with Gasteiger partial charge < -0.3 is 14.9 Å². The number of carboxylic acid groups (broad SMARTS) is 1. The van der Waals surface area contributed by atoms with Gasteiger partial charge in [0.15, 0.2) is 0 Å². The van der Waals surface area contributed by atoms with Crippen molar-refractivity contribution in [2.45, 2.75) is 6.42 Å². The van der Waals surface area contributed by atoms with Gasteiger partial charge in [-0.15, -0.1) is 0 Å². The van der Waals surface area contributed by atoms with Crippen molar-refractivity contribution in [2.24, 2.45) is 5.92 Å². The van der Waals surface area contributed by atoms with E-state index >= 15 is 0 Å². The quantitative estimate of drug-likeness (QED) is 0.483. The number of rotatable bonds is 4. The molecule has 0 aliphatic carbocycles. The fourth-order valence-corrected chi connectivity index (χ4v) is 0.812. The molecule has 0 bridgehead atoms. The van der Waals surface area contributed by atoms with Gasteiger partial charge in [0.2, 0.25) is 0 Å². The molecule has 5 nitrogen and oxygen atoms in total. The van der Waals surface area contributed by atoms with Crippen LogP contribution in [0.3, 0.4) is 0 Å². The smallest absolute Gasteiger partial charge is 0.314 e. The number of nitrogens with zero attached hydrogens (tertiary/aromatic N) is 1. The summed E-state index contributed by atoms with van der Waals surface area (Å²) in [6, 6.07) is 0. The molecular weight excluding hydrogens is 160 g/mol. The summed E-state index contributed by atoms with van der Waals surface area (Å²) in [6.07, 6.45) is 3.62. The van der Waals surface area contributed by atoms with E-state index in [9.17, 15) is 9.59 Å². The Bertz CT molecular complexity index is 268. The first-order chi connectivity index (χ1) is 5.74. The third-order valence-corrected chi connectivity index (χ3v) is 1.45. The molecule has 0 fully saturated rings. The van der Waals surface area contributed by atoms with Gasteiger partial charge in [0.1, 0.15) is 18.0 Å². The predicted molar refractivity (Wildman–Crippen MR) is 39.5 cm³/mol. The highest BCUT2D eigenvalue weighted by Crippen LogP contribution is 2.01. The van der Waals surface area contributed by atoms with E-state index < -0.39 is 11.9 Å². The Labute approximate surface area is 68.4 Å². The van der Waals surface area contributed by atoms with E-state index in [-0.39, 0.29) is 6.42 Å². The Morgan fingerprint density at radius 1 is 1.83 bits per heavy atom. The van der Waals surface area contributed by atoms with Crippen molar-refractivity contribution in [1.82, 2.24) is 9.97 Å². The first-order valence-electron chi connectivity index (χ1n) is 3.40. The molecule has 0 saturated carbocycles. The predicted octanol–water partition coefficient (Wildman–Crippen LogP) is -0.148. The van der Waals surface area contributed by atoms with E-state index in [1.165, 1.54) is 6.20 Å². The zero-order chi connectivity index (χ0) is 8.97. The maximum atomic E-state index is 10.4. The van der Waals surface area contributed by atoms with Crippen LogP contribution in [0.5, 0.6) is 0 Å². The van der Waals surface area contributed by atoms with E-state index in [0.29, 0.717) is 12.1 Å². The summed E-state index contributed by atoms with van der Waals surface area (Å²) in [5.41, 5.74) is 0. The minimum atomic E-state index is -1.12. The fourth-order valence-electron chi connectivity index (χ4n) is 0.812. The van der Waals surface area contributed by atoms with Gasteiger partial charge in [0, 0.05) is 18.8 Å². The second kappa shape index (κ2) is 3.66. The molecule has 0 saturated heterocycles. The van der Waals surface area contributed by atoms with Crippen molar-refractivity contribution in [3.05, 3.63) is 18.2 Å². The van der Waals surface area contributed by atoms with Gasteiger partial charge in [-0.2, -0.15) is 0 Å². The summed E-state index contributed by atoms with van der Waals surface area (Å²) >= 11 is 0. The second-order valence-electron chi connectivity index (χ2n) is 2.32. The van der Waals surface area contributed by atoms with Crippen LogP contribution in [-0.4, -0.2) is 27.3 Å². The van der Waals surface area contributed by atoms with Crippen LogP contribution in [0.25, 0.3) is 0 Å². The molecule has 0 aliphatic heterocycles. The monoisotopic (exact) mass is 168 g/mol. The molecule has 12 heavy (non-hydrogen) atoms. The molecule has 1 aromatic rings. The summed E-state index contributed by atoms with van der Waals surface area (Å²) in [5.74, 6) is -1.62. The minimum absolute atomic E-state index is 0.117. The van der Waals surface area contributed by atoms with Gasteiger partial charge in [-0.3, -0.25) is 4.79 Å². The lowest BCUT2D eigenvalue weighted by atomic mass is 10.1. The number of carbonyl (C=O) groups excluding carboxylic acids is 1. The number of aldehydes is 1. The molecule has 1 atom stereocenters.